The van der Waals surface area contributed by atoms with Crippen molar-refractivity contribution in [3.8, 4) is 0 Å². The van der Waals surface area contributed by atoms with Crippen LogP contribution < -0.4 is 5.32 Å². The molecule has 0 aliphatic carbocycles. The highest BCUT2D eigenvalue weighted by Crippen LogP contribution is 2.27. The standard InChI is InChI=1S/C16H11Cl4NO3/c1-24-16(23)14-12(19)5-9(6-13(14)20)15(22)21-7-8-2-3-10(17)11(18)4-8/h2-6H,7H2,1H3,(H,21,22). The van der Waals surface area contributed by atoms with Crippen LogP contribution in [0.15, 0.2) is 30.3 Å². The van der Waals surface area contributed by atoms with E-state index in [9.17, 15) is 9.59 Å². The summed E-state index contributed by atoms with van der Waals surface area (Å²) in [5.41, 5.74) is 1.01. The van der Waals surface area contributed by atoms with Gasteiger partial charge in [0.2, 0.25) is 0 Å². The first-order chi connectivity index (χ1) is 11.3. The van der Waals surface area contributed by atoms with Crippen molar-refractivity contribution in [1.29, 1.82) is 0 Å². The van der Waals surface area contributed by atoms with Crippen LogP contribution in [0.1, 0.15) is 26.3 Å². The number of methoxy groups -OCH3 is 1. The number of rotatable bonds is 4. The van der Waals surface area contributed by atoms with Gasteiger partial charge in [-0.3, -0.25) is 4.79 Å². The lowest BCUT2D eigenvalue weighted by Gasteiger charge is -2.10. The van der Waals surface area contributed by atoms with Gasteiger partial charge in [0, 0.05) is 12.1 Å². The molecule has 2 aromatic carbocycles. The second-order valence-electron chi connectivity index (χ2n) is 4.74. The molecule has 8 heteroatoms. The predicted molar refractivity (Wildman–Crippen MR) is 95.4 cm³/mol. The number of amides is 1. The summed E-state index contributed by atoms with van der Waals surface area (Å²) in [6.45, 7) is 0.240. The second-order valence-corrected chi connectivity index (χ2v) is 6.37. The van der Waals surface area contributed by atoms with E-state index < -0.39 is 11.9 Å². The summed E-state index contributed by atoms with van der Waals surface area (Å²) in [5, 5.41) is 3.61. The molecular formula is C16H11Cl4NO3. The highest BCUT2D eigenvalue weighted by Gasteiger charge is 2.19. The molecule has 0 unspecified atom stereocenters. The zero-order valence-corrected chi connectivity index (χ0v) is 15.4. The quantitative estimate of drug-likeness (QED) is 0.725. The minimum Gasteiger partial charge on any atom is -0.465 e. The van der Waals surface area contributed by atoms with E-state index in [1.54, 1.807) is 18.2 Å². The fourth-order valence-electron chi connectivity index (χ4n) is 1.94. The third kappa shape index (κ3) is 4.33. The van der Waals surface area contributed by atoms with Crippen LogP contribution in [0.4, 0.5) is 0 Å². The molecule has 0 saturated carbocycles. The molecular weight excluding hydrogens is 396 g/mol. The zero-order chi connectivity index (χ0) is 17.9. The summed E-state index contributed by atoms with van der Waals surface area (Å²) in [7, 11) is 1.22. The van der Waals surface area contributed by atoms with Crippen molar-refractivity contribution in [2.24, 2.45) is 0 Å². The molecule has 0 spiro atoms. The van der Waals surface area contributed by atoms with Crippen LogP contribution in [0.3, 0.4) is 0 Å². The molecule has 24 heavy (non-hydrogen) atoms. The Morgan fingerprint density at radius 1 is 0.958 bits per heavy atom. The van der Waals surface area contributed by atoms with Crippen molar-refractivity contribution in [3.63, 3.8) is 0 Å². The molecule has 1 N–H and O–H groups in total. The molecule has 0 bridgehead atoms. The van der Waals surface area contributed by atoms with E-state index in [0.717, 1.165) is 5.56 Å². The Morgan fingerprint density at radius 2 is 1.58 bits per heavy atom. The lowest BCUT2D eigenvalue weighted by molar-refractivity contribution is 0.0600. The zero-order valence-electron chi connectivity index (χ0n) is 12.3. The summed E-state index contributed by atoms with van der Waals surface area (Å²) in [5.74, 6) is -1.07. The SMILES string of the molecule is COC(=O)c1c(Cl)cc(C(=O)NCc2ccc(Cl)c(Cl)c2)cc1Cl. The van der Waals surface area contributed by atoms with Crippen molar-refractivity contribution >= 4 is 58.3 Å². The number of esters is 1. The van der Waals surface area contributed by atoms with Crippen LogP contribution in [0.5, 0.6) is 0 Å². The fraction of sp³-hybridized carbons (Fsp3) is 0.125. The van der Waals surface area contributed by atoms with E-state index in [-0.39, 0.29) is 27.7 Å². The van der Waals surface area contributed by atoms with Gasteiger partial charge in [-0.15, -0.1) is 0 Å². The van der Waals surface area contributed by atoms with Crippen LogP contribution in [-0.2, 0) is 11.3 Å². The average Bonchev–Trinajstić information content (AvgIpc) is 2.54. The maximum atomic E-state index is 12.2. The van der Waals surface area contributed by atoms with Crippen LogP contribution >= 0.6 is 46.4 Å². The topological polar surface area (TPSA) is 55.4 Å². The van der Waals surface area contributed by atoms with E-state index in [2.05, 4.69) is 10.1 Å². The maximum absolute atomic E-state index is 12.2. The molecule has 4 nitrogen and oxygen atoms in total. The molecule has 0 aliphatic rings. The second kappa shape index (κ2) is 8.08. The molecule has 2 aromatic rings. The van der Waals surface area contributed by atoms with Gasteiger partial charge in [0.1, 0.15) is 0 Å². The van der Waals surface area contributed by atoms with Gasteiger partial charge >= 0.3 is 5.97 Å². The lowest BCUT2D eigenvalue weighted by atomic mass is 10.1. The third-order valence-electron chi connectivity index (χ3n) is 3.13. The molecule has 0 saturated heterocycles. The average molecular weight is 407 g/mol. The Kier molecular flexibility index (Phi) is 6.35. The van der Waals surface area contributed by atoms with Gasteiger partial charge < -0.3 is 10.1 Å². The Hall–Kier alpha value is -1.46. The predicted octanol–water partition coefficient (Wildman–Crippen LogP) is 5.02. The summed E-state index contributed by atoms with van der Waals surface area (Å²) >= 11 is 23.8. The minimum absolute atomic E-state index is 0.0156. The van der Waals surface area contributed by atoms with Crippen LogP contribution in [0.2, 0.25) is 20.1 Å². The molecule has 126 valence electrons. The first-order valence-corrected chi connectivity index (χ1v) is 8.14. The Bertz CT molecular complexity index is 785. The van der Waals surface area contributed by atoms with Gasteiger partial charge in [0.05, 0.1) is 32.8 Å². The molecule has 0 heterocycles. The van der Waals surface area contributed by atoms with Gasteiger partial charge in [-0.2, -0.15) is 0 Å². The normalized spacial score (nSPS) is 10.4. The first kappa shape index (κ1) is 18.9. The van der Waals surface area contributed by atoms with Crippen molar-refractivity contribution in [2.75, 3.05) is 7.11 Å². The van der Waals surface area contributed by atoms with E-state index in [0.29, 0.717) is 10.0 Å². The van der Waals surface area contributed by atoms with Crippen LogP contribution in [0, 0.1) is 0 Å². The van der Waals surface area contributed by atoms with Gasteiger partial charge in [0.15, 0.2) is 0 Å². The van der Waals surface area contributed by atoms with E-state index >= 15 is 0 Å². The van der Waals surface area contributed by atoms with Crippen molar-refractivity contribution in [3.05, 3.63) is 67.1 Å². The number of halogens is 4. The van der Waals surface area contributed by atoms with Crippen molar-refractivity contribution in [2.45, 2.75) is 6.54 Å². The molecule has 1 amide bonds. The largest absolute Gasteiger partial charge is 0.465 e. The summed E-state index contributed by atoms with van der Waals surface area (Å²) in [6.07, 6.45) is 0. The number of hydrogen-bond donors (Lipinski definition) is 1. The Balaban J connectivity index is 2.15. The van der Waals surface area contributed by atoms with E-state index in [1.165, 1.54) is 19.2 Å². The fourth-order valence-corrected chi connectivity index (χ4v) is 2.90. The molecule has 2 rings (SSSR count). The number of nitrogens with one attached hydrogen (secondary N) is 1. The maximum Gasteiger partial charge on any atom is 0.340 e. The Morgan fingerprint density at radius 3 is 2.12 bits per heavy atom. The van der Waals surface area contributed by atoms with Crippen molar-refractivity contribution < 1.29 is 14.3 Å². The number of hydrogen-bond acceptors (Lipinski definition) is 3. The van der Waals surface area contributed by atoms with Gasteiger partial charge in [-0.25, -0.2) is 4.79 Å². The molecule has 0 radical (unpaired) electrons. The van der Waals surface area contributed by atoms with Crippen molar-refractivity contribution in [1.82, 2.24) is 5.32 Å². The monoisotopic (exact) mass is 405 g/mol. The minimum atomic E-state index is -0.673. The van der Waals surface area contributed by atoms with E-state index in [1.807, 2.05) is 0 Å². The number of carbonyl (C=O) groups is 2. The molecule has 0 aliphatic heterocycles. The highest BCUT2D eigenvalue weighted by molar-refractivity contribution is 6.42. The Labute approximate surface area is 158 Å². The van der Waals surface area contributed by atoms with Crippen LogP contribution in [0.25, 0.3) is 0 Å². The molecule has 0 atom stereocenters. The number of ether oxygens (including phenoxy) is 1. The molecule has 0 fully saturated rings. The number of carbonyl (C=O) groups excluding carboxylic acids is 2. The summed E-state index contributed by atoms with van der Waals surface area (Å²) in [6, 6.07) is 7.75. The van der Waals surface area contributed by atoms with Gasteiger partial charge in [-0.05, 0) is 29.8 Å². The van der Waals surface area contributed by atoms with Gasteiger partial charge in [0.25, 0.3) is 5.91 Å². The lowest BCUT2D eigenvalue weighted by Crippen LogP contribution is -2.23. The van der Waals surface area contributed by atoms with E-state index in [4.69, 9.17) is 46.4 Å². The first-order valence-electron chi connectivity index (χ1n) is 6.63. The summed E-state index contributed by atoms with van der Waals surface area (Å²) in [4.78, 5) is 23.8. The van der Waals surface area contributed by atoms with Crippen LogP contribution in [-0.4, -0.2) is 19.0 Å². The smallest absolute Gasteiger partial charge is 0.340 e. The number of benzene rings is 2. The summed E-state index contributed by atoms with van der Waals surface area (Å²) < 4.78 is 4.59. The third-order valence-corrected chi connectivity index (χ3v) is 4.47. The van der Waals surface area contributed by atoms with Gasteiger partial charge in [-0.1, -0.05) is 52.5 Å². The molecule has 0 aromatic heterocycles. The highest BCUT2D eigenvalue weighted by atomic mass is 35.5.